The number of hydrogen-bond acceptors (Lipinski definition) is 5. The Balaban J connectivity index is 1.77. The zero-order valence-corrected chi connectivity index (χ0v) is 18.3. The molecule has 0 aliphatic heterocycles. The molecule has 2 heterocycles. The van der Waals surface area contributed by atoms with Crippen molar-refractivity contribution in [2.24, 2.45) is 0 Å². The van der Waals surface area contributed by atoms with Gasteiger partial charge in [-0.05, 0) is 60.0 Å². The number of carbonyl (C=O) groups is 1. The van der Waals surface area contributed by atoms with Crippen LogP contribution in [0.3, 0.4) is 0 Å². The molecule has 4 rings (SSSR count). The lowest BCUT2D eigenvalue weighted by atomic mass is 10.1. The minimum atomic E-state index is -4.52. The number of benzene rings is 2. The summed E-state index contributed by atoms with van der Waals surface area (Å²) in [6.45, 7) is 0. The van der Waals surface area contributed by atoms with E-state index >= 15 is 0 Å². The number of aromatic hydroxyl groups is 1. The van der Waals surface area contributed by atoms with Crippen LogP contribution in [-0.2, 0) is 27.4 Å². The highest BCUT2D eigenvalue weighted by molar-refractivity contribution is 7.92. The number of phenolic OH excluding ortho intramolecular Hbond substituents is 1. The summed E-state index contributed by atoms with van der Waals surface area (Å²) in [5.74, 6) is -1.15. The number of nitrogens with zero attached hydrogens (tertiary/aromatic N) is 1. The van der Waals surface area contributed by atoms with Gasteiger partial charge in [0.25, 0.3) is 10.0 Å². The van der Waals surface area contributed by atoms with Gasteiger partial charge in [0.1, 0.15) is 9.96 Å². The van der Waals surface area contributed by atoms with Gasteiger partial charge in [-0.15, -0.1) is 11.3 Å². The standard InChI is InChI=1S/C22H16F3NO5S2/c23-22(24,25)15-3-1-2-13(10-15)19-7-9-21(32-19)33(30,31)26-12-14(4-8-20(28)29)17-11-16(27)5-6-18(17)26/h1-3,5-7,9-12,27H,4,8H2,(H,28,29). The number of fused-ring (bicyclic) bond motifs is 1. The largest absolute Gasteiger partial charge is 0.508 e. The normalized spacial score (nSPS) is 12.3. The van der Waals surface area contributed by atoms with Gasteiger partial charge in [-0.2, -0.15) is 21.6 Å². The molecule has 6 nitrogen and oxygen atoms in total. The number of aliphatic carboxylic acids is 1. The van der Waals surface area contributed by atoms with Crippen LogP contribution in [0.25, 0.3) is 21.3 Å². The average molecular weight is 496 g/mol. The number of phenols is 1. The molecule has 2 N–H and O–H groups in total. The Morgan fingerprint density at radius 3 is 2.52 bits per heavy atom. The average Bonchev–Trinajstić information content (AvgIpc) is 3.38. The molecule has 2 aromatic carbocycles. The highest BCUT2D eigenvalue weighted by Gasteiger charge is 2.31. The molecule has 0 bridgehead atoms. The van der Waals surface area contributed by atoms with E-state index in [4.69, 9.17) is 5.11 Å². The van der Waals surface area contributed by atoms with Crippen LogP contribution in [0.2, 0.25) is 0 Å². The molecular formula is C22H16F3NO5S2. The highest BCUT2D eigenvalue weighted by atomic mass is 32.2. The van der Waals surface area contributed by atoms with Crippen molar-refractivity contribution in [2.45, 2.75) is 23.2 Å². The van der Waals surface area contributed by atoms with Crippen molar-refractivity contribution in [3.63, 3.8) is 0 Å². The minimum Gasteiger partial charge on any atom is -0.508 e. The maximum Gasteiger partial charge on any atom is 0.416 e. The zero-order valence-electron chi connectivity index (χ0n) is 16.7. The third kappa shape index (κ3) is 4.46. The topological polar surface area (TPSA) is 96.6 Å². The fourth-order valence-electron chi connectivity index (χ4n) is 3.45. The Hall–Kier alpha value is -3.31. The number of aromatic nitrogens is 1. The molecule has 0 amide bonds. The molecule has 11 heteroatoms. The molecule has 33 heavy (non-hydrogen) atoms. The summed E-state index contributed by atoms with van der Waals surface area (Å²) in [4.78, 5) is 11.3. The second-order valence-corrected chi connectivity index (χ2v) is 10.4. The lowest BCUT2D eigenvalue weighted by Gasteiger charge is -2.08. The van der Waals surface area contributed by atoms with Crippen LogP contribution in [0.15, 0.2) is 65.0 Å². The van der Waals surface area contributed by atoms with Gasteiger partial charge in [-0.3, -0.25) is 4.79 Å². The Morgan fingerprint density at radius 2 is 1.82 bits per heavy atom. The summed E-state index contributed by atoms with van der Waals surface area (Å²) in [5, 5.41) is 19.2. The summed E-state index contributed by atoms with van der Waals surface area (Å²) in [6, 6.07) is 11.5. The van der Waals surface area contributed by atoms with Gasteiger partial charge in [0.05, 0.1) is 11.1 Å². The van der Waals surface area contributed by atoms with Crippen LogP contribution in [-0.4, -0.2) is 28.6 Å². The third-order valence-corrected chi connectivity index (χ3v) is 8.29. The molecule has 172 valence electrons. The van der Waals surface area contributed by atoms with E-state index in [-0.39, 0.29) is 33.9 Å². The Morgan fingerprint density at radius 1 is 1.06 bits per heavy atom. The van der Waals surface area contributed by atoms with Crippen LogP contribution in [0.1, 0.15) is 17.5 Å². The van der Waals surface area contributed by atoms with Crippen LogP contribution in [0.4, 0.5) is 13.2 Å². The molecular weight excluding hydrogens is 479 g/mol. The van der Waals surface area contributed by atoms with E-state index in [2.05, 4.69) is 0 Å². The summed E-state index contributed by atoms with van der Waals surface area (Å²) in [7, 11) is -4.14. The number of carboxylic acids is 1. The first-order chi connectivity index (χ1) is 15.5. The van der Waals surface area contributed by atoms with Crippen molar-refractivity contribution >= 4 is 38.2 Å². The first-order valence-corrected chi connectivity index (χ1v) is 11.8. The van der Waals surface area contributed by atoms with Crippen molar-refractivity contribution in [3.05, 3.63) is 71.9 Å². The van der Waals surface area contributed by atoms with Gasteiger partial charge >= 0.3 is 12.1 Å². The summed E-state index contributed by atoms with van der Waals surface area (Å²) < 4.78 is 66.8. The number of alkyl halides is 3. The molecule has 0 fully saturated rings. The molecule has 4 aromatic rings. The molecule has 0 aliphatic rings. The second-order valence-electron chi connectivity index (χ2n) is 7.25. The summed E-state index contributed by atoms with van der Waals surface area (Å²) >= 11 is 0.827. The molecule has 0 saturated carbocycles. The van der Waals surface area contributed by atoms with E-state index in [1.165, 1.54) is 48.7 Å². The lowest BCUT2D eigenvalue weighted by molar-refractivity contribution is -0.138. The van der Waals surface area contributed by atoms with E-state index in [0.29, 0.717) is 15.8 Å². The number of rotatable bonds is 6. The molecule has 0 unspecified atom stereocenters. The van der Waals surface area contributed by atoms with Gasteiger partial charge in [0.2, 0.25) is 0 Å². The van der Waals surface area contributed by atoms with Crippen LogP contribution in [0, 0.1) is 0 Å². The lowest BCUT2D eigenvalue weighted by Crippen LogP contribution is -2.10. The van der Waals surface area contributed by atoms with Crippen LogP contribution >= 0.6 is 11.3 Å². The first kappa shape index (κ1) is 22.9. The minimum absolute atomic E-state index is 0.0533. The predicted octanol–water partition coefficient (Wildman–Crippen LogP) is 5.35. The van der Waals surface area contributed by atoms with E-state index in [0.717, 1.165) is 27.4 Å². The third-order valence-electron chi connectivity index (χ3n) is 5.01. The number of hydrogen-bond donors (Lipinski definition) is 2. The Labute approximate surface area is 190 Å². The number of carboxylic acid groups (broad SMARTS) is 1. The molecule has 0 aliphatic carbocycles. The molecule has 0 spiro atoms. The summed E-state index contributed by atoms with van der Waals surface area (Å²) in [5.41, 5.74) is 0.0848. The van der Waals surface area contributed by atoms with Crippen molar-refractivity contribution < 1.29 is 36.6 Å². The maximum absolute atomic E-state index is 13.4. The van der Waals surface area contributed by atoms with Crippen LogP contribution < -0.4 is 0 Å². The zero-order chi connectivity index (χ0) is 24.0. The highest BCUT2D eigenvalue weighted by Crippen LogP contribution is 2.37. The van der Waals surface area contributed by atoms with Crippen molar-refractivity contribution in [1.29, 1.82) is 0 Å². The van der Waals surface area contributed by atoms with Crippen LogP contribution in [0.5, 0.6) is 5.75 Å². The van der Waals surface area contributed by atoms with E-state index in [9.17, 15) is 31.5 Å². The smallest absolute Gasteiger partial charge is 0.416 e. The van der Waals surface area contributed by atoms with Gasteiger partial charge < -0.3 is 10.2 Å². The predicted molar refractivity (Wildman–Crippen MR) is 117 cm³/mol. The maximum atomic E-state index is 13.4. The fraction of sp³-hybridized carbons (Fsp3) is 0.136. The molecule has 0 saturated heterocycles. The monoisotopic (exact) mass is 495 g/mol. The molecule has 2 aromatic heterocycles. The molecule has 0 atom stereocenters. The van der Waals surface area contributed by atoms with Gasteiger partial charge in [-0.1, -0.05) is 12.1 Å². The van der Waals surface area contributed by atoms with E-state index in [1.807, 2.05) is 0 Å². The van der Waals surface area contributed by atoms with Crippen molar-refractivity contribution in [1.82, 2.24) is 3.97 Å². The second kappa shape index (κ2) is 8.23. The fourth-order valence-corrected chi connectivity index (χ4v) is 6.24. The Bertz CT molecular complexity index is 1470. The Kier molecular flexibility index (Phi) is 5.71. The van der Waals surface area contributed by atoms with Gasteiger partial charge in [-0.25, -0.2) is 3.97 Å². The number of thiophene rings is 1. The van der Waals surface area contributed by atoms with E-state index < -0.39 is 27.7 Å². The number of halogens is 3. The first-order valence-electron chi connectivity index (χ1n) is 9.54. The SMILES string of the molecule is O=C(O)CCc1cn(S(=O)(=O)c2ccc(-c3cccc(C(F)(F)F)c3)s2)c2ccc(O)cc12. The van der Waals surface area contributed by atoms with Gasteiger partial charge in [0.15, 0.2) is 0 Å². The summed E-state index contributed by atoms with van der Waals surface area (Å²) in [6.07, 6.45) is -3.39. The van der Waals surface area contributed by atoms with Gasteiger partial charge in [0, 0.05) is 22.9 Å². The molecule has 0 radical (unpaired) electrons. The number of aryl methyl sites for hydroxylation is 1. The quantitative estimate of drug-likeness (QED) is 0.376. The van der Waals surface area contributed by atoms with Crippen molar-refractivity contribution in [2.75, 3.05) is 0 Å². The van der Waals surface area contributed by atoms with Crippen molar-refractivity contribution in [3.8, 4) is 16.2 Å². The van der Waals surface area contributed by atoms with E-state index in [1.54, 1.807) is 0 Å².